The van der Waals surface area contributed by atoms with Crippen LogP contribution in [0.15, 0.2) is 91.0 Å². The number of carbonyl (C=O) groups is 1. The Balaban J connectivity index is 1.59. The van der Waals surface area contributed by atoms with Gasteiger partial charge in [0, 0.05) is 19.0 Å². The number of hydrogen-bond donors (Lipinski definition) is 3. The van der Waals surface area contributed by atoms with Gasteiger partial charge >= 0.3 is 13.7 Å². The summed E-state index contributed by atoms with van der Waals surface area (Å²) in [4.78, 5) is 14.4. The highest BCUT2D eigenvalue weighted by Gasteiger charge is 2.50. The molecule has 35 heavy (non-hydrogen) atoms. The molecule has 3 aromatic rings. The maximum absolute atomic E-state index is 14.4. The first-order chi connectivity index (χ1) is 16.9. The molecule has 182 valence electrons. The molecule has 4 rings (SSSR count). The minimum absolute atomic E-state index is 0.0486. The highest BCUT2D eigenvalue weighted by Crippen LogP contribution is 2.55. The third-order valence-corrected chi connectivity index (χ3v) is 7.63. The molecule has 1 unspecified atom stereocenters. The van der Waals surface area contributed by atoms with Crippen LogP contribution in [-0.4, -0.2) is 35.8 Å². The van der Waals surface area contributed by atoms with Crippen molar-refractivity contribution < 1.29 is 23.1 Å². The summed E-state index contributed by atoms with van der Waals surface area (Å²) in [6.07, 6.45) is -0.756. The van der Waals surface area contributed by atoms with Gasteiger partial charge in [-0.3, -0.25) is 5.41 Å². The Morgan fingerprint density at radius 3 is 1.91 bits per heavy atom. The van der Waals surface area contributed by atoms with E-state index in [0.717, 1.165) is 5.56 Å². The number of nitrogens with one attached hydrogen (secondary N) is 2. The van der Waals surface area contributed by atoms with Crippen LogP contribution in [0.25, 0.3) is 0 Å². The Kier molecular flexibility index (Phi) is 7.57. The molecule has 1 heterocycles. The lowest BCUT2D eigenvalue weighted by Gasteiger charge is -2.44. The van der Waals surface area contributed by atoms with Crippen LogP contribution in [0.4, 0.5) is 4.79 Å². The molecule has 10 heteroatoms. The van der Waals surface area contributed by atoms with Crippen LogP contribution < -0.4 is 20.1 Å². The maximum Gasteiger partial charge on any atom is 0.453 e. The average Bonchev–Trinajstić information content (AvgIpc) is 2.83. The molecule has 0 aromatic heterocycles. The van der Waals surface area contributed by atoms with Crippen LogP contribution in [0.2, 0.25) is 0 Å². The Labute approximate surface area is 203 Å². The van der Waals surface area contributed by atoms with Crippen LogP contribution in [0.5, 0.6) is 11.5 Å². The van der Waals surface area contributed by atoms with Crippen molar-refractivity contribution in [3.05, 3.63) is 96.6 Å². The van der Waals surface area contributed by atoms with Crippen LogP contribution >= 0.6 is 7.60 Å². The first-order valence-corrected chi connectivity index (χ1v) is 12.7. The number of ether oxygens (including phenoxy) is 1. The zero-order chi connectivity index (χ0) is 24.7. The van der Waals surface area contributed by atoms with Gasteiger partial charge in [-0.2, -0.15) is 0 Å². The highest BCUT2D eigenvalue weighted by molar-refractivity contribution is 7.55. The van der Waals surface area contributed by atoms with Gasteiger partial charge in [-0.15, -0.1) is 0 Å². The Bertz CT molecular complexity index is 1130. The lowest BCUT2D eigenvalue weighted by Crippen LogP contribution is -2.60. The zero-order valence-electron chi connectivity index (χ0n) is 18.9. The van der Waals surface area contributed by atoms with E-state index in [4.69, 9.17) is 24.9 Å². The maximum atomic E-state index is 14.4. The monoisotopic (exact) mass is 494 g/mol. The van der Waals surface area contributed by atoms with Gasteiger partial charge in [0.05, 0.1) is 0 Å². The number of benzene rings is 3. The van der Waals surface area contributed by atoms with Crippen molar-refractivity contribution in [2.24, 2.45) is 11.7 Å². The summed E-state index contributed by atoms with van der Waals surface area (Å²) in [5.74, 6) is -0.851. The van der Waals surface area contributed by atoms with E-state index < -0.39 is 19.5 Å². The van der Waals surface area contributed by atoms with Gasteiger partial charge in [-0.25, -0.2) is 9.36 Å². The molecule has 1 fully saturated rings. The summed E-state index contributed by atoms with van der Waals surface area (Å²) in [7, 11) is -4.05. The van der Waals surface area contributed by atoms with Crippen molar-refractivity contribution in [3.8, 4) is 11.5 Å². The summed E-state index contributed by atoms with van der Waals surface area (Å²) >= 11 is 0. The number of carbonyl (C=O) groups excluding carboxylic acids is 1. The minimum atomic E-state index is -4.05. The molecule has 1 saturated heterocycles. The van der Waals surface area contributed by atoms with Crippen molar-refractivity contribution in [3.63, 3.8) is 0 Å². The molecule has 0 bridgehead atoms. The quantitative estimate of drug-likeness (QED) is 0.228. The van der Waals surface area contributed by atoms with E-state index in [1.807, 2.05) is 42.5 Å². The smallest absolute Gasteiger partial charge is 0.445 e. The minimum Gasteiger partial charge on any atom is -0.445 e. The second-order valence-corrected chi connectivity index (χ2v) is 10.1. The summed E-state index contributed by atoms with van der Waals surface area (Å²) in [5.41, 5.74) is 6.41. The van der Waals surface area contributed by atoms with E-state index in [1.165, 1.54) is 0 Å². The topological polar surface area (TPSA) is 127 Å². The largest absolute Gasteiger partial charge is 0.453 e. The predicted molar refractivity (Wildman–Crippen MR) is 132 cm³/mol. The molecule has 0 spiro atoms. The lowest BCUT2D eigenvalue weighted by molar-refractivity contribution is 0.118. The number of alkyl carbamates (subject to hydrolysis) is 1. The summed E-state index contributed by atoms with van der Waals surface area (Å²) < 4.78 is 31.6. The molecule has 1 aliphatic rings. The van der Waals surface area contributed by atoms with E-state index in [9.17, 15) is 9.36 Å². The van der Waals surface area contributed by atoms with E-state index in [2.05, 4.69) is 5.32 Å². The van der Waals surface area contributed by atoms with Crippen molar-refractivity contribution >= 4 is 19.6 Å². The van der Waals surface area contributed by atoms with Crippen LogP contribution in [-0.2, 0) is 15.9 Å². The molecule has 4 N–H and O–H groups in total. The molecule has 0 radical (unpaired) electrons. The average molecular weight is 494 g/mol. The fraction of sp³-hybridized carbons (Fsp3) is 0.200. The van der Waals surface area contributed by atoms with E-state index in [-0.39, 0.29) is 18.5 Å². The fourth-order valence-electron chi connectivity index (χ4n) is 3.64. The normalized spacial score (nSPS) is 14.3. The van der Waals surface area contributed by atoms with Crippen LogP contribution in [0.1, 0.15) is 5.56 Å². The van der Waals surface area contributed by atoms with Gasteiger partial charge in [-0.05, 0) is 29.8 Å². The molecule has 1 aliphatic heterocycles. The third-order valence-electron chi connectivity index (χ3n) is 5.47. The number of para-hydroxylation sites is 2. The summed E-state index contributed by atoms with van der Waals surface area (Å²) in [5, 5.41) is 10.4. The van der Waals surface area contributed by atoms with Crippen LogP contribution in [0, 0.1) is 11.3 Å². The van der Waals surface area contributed by atoms with E-state index in [0.29, 0.717) is 24.6 Å². The van der Waals surface area contributed by atoms with Crippen molar-refractivity contribution in [1.82, 2.24) is 10.2 Å². The molecule has 3 aromatic carbocycles. The highest BCUT2D eigenvalue weighted by atomic mass is 31.2. The third kappa shape index (κ3) is 6.33. The Hall–Kier alpha value is -3.97. The Morgan fingerprint density at radius 1 is 0.943 bits per heavy atom. The number of likely N-dealkylation sites (tertiary alicyclic amines) is 1. The number of rotatable bonds is 9. The van der Waals surface area contributed by atoms with Gasteiger partial charge in [0.2, 0.25) is 0 Å². The van der Waals surface area contributed by atoms with E-state index in [1.54, 1.807) is 53.4 Å². The summed E-state index contributed by atoms with van der Waals surface area (Å²) in [6, 6.07) is 26.5. The molecule has 0 aliphatic carbocycles. The Morgan fingerprint density at radius 2 is 1.43 bits per heavy atom. The molecule has 9 nitrogen and oxygen atoms in total. The standard InChI is InChI=1S/C25H27N4O5P/c26-24(27)29-16-20(17-29)23(28-25(30)32-18-19-10-4-1-5-11-19)35(31,33-21-12-6-2-7-13-21)34-22-14-8-3-9-15-22/h1-15,20,23H,16-18H2,(H3,26,27)(H,28,30). The molecular formula is C25H27N4O5P. The van der Waals surface area contributed by atoms with Crippen LogP contribution in [0.3, 0.4) is 0 Å². The van der Waals surface area contributed by atoms with E-state index >= 15 is 0 Å². The van der Waals surface area contributed by atoms with Gasteiger partial charge in [0.1, 0.15) is 18.1 Å². The number of guanidine groups is 1. The molecular weight excluding hydrogens is 467 g/mol. The first-order valence-electron chi connectivity index (χ1n) is 11.1. The second-order valence-electron chi connectivity index (χ2n) is 8.05. The molecule has 1 amide bonds. The zero-order valence-corrected chi connectivity index (χ0v) is 19.8. The van der Waals surface area contributed by atoms with Crippen molar-refractivity contribution in [2.45, 2.75) is 12.4 Å². The second kappa shape index (κ2) is 11.0. The SMILES string of the molecule is N=C(N)N1CC(C(NC(=O)OCc2ccccc2)P(=O)(Oc2ccccc2)Oc2ccccc2)C1. The number of hydrogen-bond acceptors (Lipinski definition) is 6. The number of nitrogens with two attached hydrogens (primary N) is 1. The van der Waals surface area contributed by atoms with Crippen molar-refractivity contribution in [1.29, 1.82) is 5.41 Å². The number of amides is 1. The molecule has 1 atom stereocenters. The van der Waals surface area contributed by atoms with Gasteiger partial charge in [0.15, 0.2) is 11.7 Å². The fourth-order valence-corrected chi connectivity index (χ4v) is 5.70. The van der Waals surface area contributed by atoms with Gasteiger partial charge in [0.25, 0.3) is 0 Å². The number of nitrogens with zero attached hydrogens (tertiary/aromatic N) is 1. The summed E-state index contributed by atoms with van der Waals surface area (Å²) in [6.45, 7) is 0.658. The first kappa shape index (κ1) is 24.2. The van der Waals surface area contributed by atoms with Gasteiger partial charge in [-0.1, -0.05) is 66.7 Å². The lowest BCUT2D eigenvalue weighted by atomic mass is 10.0. The molecule has 0 saturated carbocycles. The van der Waals surface area contributed by atoms with Gasteiger partial charge < -0.3 is 29.7 Å². The predicted octanol–water partition coefficient (Wildman–Crippen LogP) is 4.42. The van der Waals surface area contributed by atoms with Crippen molar-refractivity contribution in [2.75, 3.05) is 13.1 Å².